The molecule has 0 saturated carbocycles. The monoisotopic (exact) mass is 291 g/mol. The maximum Gasteiger partial charge on any atom is 0.211 e. The minimum absolute atomic E-state index is 0.286. The lowest BCUT2D eigenvalue weighted by molar-refractivity contribution is 0.271. The Kier molecular flexibility index (Phi) is 7.28. The summed E-state index contributed by atoms with van der Waals surface area (Å²) in [5, 5.41) is 3.26. The lowest BCUT2D eigenvalue weighted by atomic mass is 10.0. The van der Waals surface area contributed by atoms with Gasteiger partial charge in [0.05, 0.1) is 5.75 Å². The van der Waals surface area contributed by atoms with Crippen molar-refractivity contribution in [1.29, 1.82) is 0 Å². The summed E-state index contributed by atoms with van der Waals surface area (Å²) in [7, 11) is -1.03. The second-order valence-electron chi connectivity index (χ2n) is 5.80. The first-order valence-electron chi connectivity index (χ1n) is 7.29. The fourth-order valence-corrected chi connectivity index (χ4v) is 3.76. The predicted molar refractivity (Wildman–Crippen MR) is 79.8 cm³/mol. The largest absolute Gasteiger partial charge is 0.317 e. The molecule has 2 N–H and O–H groups in total. The van der Waals surface area contributed by atoms with Crippen LogP contribution in [0.2, 0.25) is 0 Å². The van der Waals surface area contributed by atoms with Gasteiger partial charge in [0.15, 0.2) is 0 Å². The molecule has 0 radical (unpaired) electrons. The van der Waals surface area contributed by atoms with E-state index in [1.807, 2.05) is 0 Å². The van der Waals surface area contributed by atoms with Gasteiger partial charge in [-0.15, -0.1) is 0 Å². The van der Waals surface area contributed by atoms with Gasteiger partial charge in [-0.25, -0.2) is 13.1 Å². The summed E-state index contributed by atoms with van der Waals surface area (Å²) >= 11 is 0. The third kappa shape index (κ3) is 7.25. The van der Waals surface area contributed by atoms with Crippen LogP contribution in [-0.4, -0.2) is 58.3 Å². The van der Waals surface area contributed by atoms with Crippen molar-refractivity contribution in [1.82, 2.24) is 14.9 Å². The summed E-state index contributed by atoms with van der Waals surface area (Å²) in [6.07, 6.45) is 2.80. The van der Waals surface area contributed by atoms with Crippen LogP contribution in [0.4, 0.5) is 0 Å². The number of nitrogens with zero attached hydrogens (tertiary/aromatic N) is 1. The summed E-state index contributed by atoms with van der Waals surface area (Å²) in [4.78, 5) is 2.22. The zero-order chi connectivity index (χ0) is 14.3. The molecule has 1 aliphatic rings. The molecule has 0 spiro atoms. The second-order valence-corrected chi connectivity index (χ2v) is 7.65. The van der Waals surface area contributed by atoms with Gasteiger partial charge in [0.2, 0.25) is 10.0 Å². The number of hydrogen-bond acceptors (Lipinski definition) is 4. The van der Waals surface area contributed by atoms with Crippen LogP contribution in [0.3, 0.4) is 0 Å². The average molecular weight is 291 g/mol. The highest BCUT2D eigenvalue weighted by atomic mass is 32.2. The van der Waals surface area contributed by atoms with Crippen LogP contribution in [-0.2, 0) is 10.0 Å². The van der Waals surface area contributed by atoms with Gasteiger partial charge in [0.25, 0.3) is 0 Å². The zero-order valence-electron chi connectivity index (χ0n) is 12.5. The molecular formula is C13H29N3O2S. The van der Waals surface area contributed by atoms with Crippen molar-refractivity contribution in [3.8, 4) is 0 Å². The van der Waals surface area contributed by atoms with Gasteiger partial charge in [0, 0.05) is 12.6 Å². The van der Waals surface area contributed by atoms with Gasteiger partial charge in [-0.2, -0.15) is 0 Å². The molecule has 0 bridgehead atoms. The molecule has 0 aliphatic carbocycles. The standard InChI is InChI=1S/C13H29N3O2S/c1-12(2)16(3)10-4-7-15-19(17,18)11-13-5-8-14-9-6-13/h12-15H,4-11H2,1-3H3. The van der Waals surface area contributed by atoms with Crippen LogP contribution in [0.15, 0.2) is 0 Å². The van der Waals surface area contributed by atoms with Crippen molar-refractivity contribution in [2.24, 2.45) is 5.92 Å². The third-order valence-corrected chi connectivity index (χ3v) is 5.36. The first-order chi connectivity index (χ1) is 8.91. The molecule has 1 aliphatic heterocycles. The van der Waals surface area contributed by atoms with Crippen molar-refractivity contribution in [3.63, 3.8) is 0 Å². The molecule has 0 atom stereocenters. The number of nitrogens with one attached hydrogen (secondary N) is 2. The van der Waals surface area contributed by atoms with E-state index in [1.54, 1.807) is 0 Å². The lowest BCUT2D eigenvalue weighted by Gasteiger charge is -2.23. The van der Waals surface area contributed by atoms with Crippen LogP contribution in [0, 0.1) is 5.92 Å². The number of piperidine rings is 1. The van der Waals surface area contributed by atoms with Crippen molar-refractivity contribution >= 4 is 10.0 Å². The minimum atomic E-state index is -3.10. The Bertz CT molecular complexity index is 338. The van der Waals surface area contributed by atoms with E-state index < -0.39 is 10.0 Å². The molecule has 114 valence electrons. The van der Waals surface area contributed by atoms with E-state index in [-0.39, 0.29) is 5.75 Å². The third-order valence-electron chi connectivity index (χ3n) is 3.80. The normalized spacial score (nSPS) is 18.4. The predicted octanol–water partition coefficient (Wildman–Crippen LogP) is 0.636. The fraction of sp³-hybridized carbons (Fsp3) is 1.00. The Morgan fingerprint density at radius 2 is 1.95 bits per heavy atom. The quantitative estimate of drug-likeness (QED) is 0.644. The van der Waals surface area contributed by atoms with Crippen molar-refractivity contribution in [2.45, 2.75) is 39.2 Å². The first kappa shape index (κ1) is 16.9. The molecule has 0 aromatic carbocycles. The second kappa shape index (κ2) is 8.19. The highest BCUT2D eigenvalue weighted by Gasteiger charge is 2.20. The molecule has 5 nitrogen and oxygen atoms in total. The molecule has 0 amide bonds. The molecule has 0 aromatic rings. The first-order valence-corrected chi connectivity index (χ1v) is 8.94. The lowest BCUT2D eigenvalue weighted by Crippen LogP contribution is -2.36. The molecule has 1 fully saturated rings. The Morgan fingerprint density at radius 1 is 1.32 bits per heavy atom. The molecule has 0 aromatic heterocycles. The van der Waals surface area contributed by atoms with E-state index in [2.05, 4.69) is 35.8 Å². The van der Waals surface area contributed by atoms with Gasteiger partial charge >= 0.3 is 0 Å². The van der Waals surface area contributed by atoms with Gasteiger partial charge < -0.3 is 10.2 Å². The zero-order valence-corrected chi connectivity index (χ0v) is 13.3. The van der Waals surface area contributed by atoms with Crippen LogP contribution < -0.4 is 10.0 Å². The summed E-state index contributed by atoms with van der Waals surface area (Å²) in [5.74, 6) is 0.603. The van der Waals surface area contributed by atoms with Gasteiger partial charge in [-0.1, -0.05) is 0 Å². The van der Waals surface area contributed by atoms with Crippen LogP contribution >= 0.6 is 0 Å². The summed E-state index contributed by atoms with van der Waals surface area (Å²) in [6, 6.07) is 0.506. The van der Waals surface area contributed by atoms with Crippen LogP contribution in [0.25, 0.3) is 0 Å². The molecule has 0 unspecified atom stereocenters. The van der Waals surface area contributed by atoms with Crippen molar-refractivity contribution in [3.05, 3.63) is 0 Å². The van der Waals surface area contributed by atoms with Crippen molar-refractivity contribution < 1.29 is 8.42 Å². The number of rotatable bonds is 8. The smallest absolute Gasteiger partial charge is 0.211 e. The summed E-state index contributed by atoms with van der Waals surface area (Å²) < 4.78 is 26.6. The highest BCUT2D eigenvalue weighted by Crippen LogP contribution is 2.13. The number of sulfonamides is 1. The van der Waals surface area contributed by atoms with E-state index in [0.29, 0.717) is 18.5 Å². The van der Waals surface area contributed by atoms with Gasteiger partial charge in [-0.05, 0) is 65.7 Å². The summed E-state index contributed by atoms with van der Waals surface area (Å²) in [6.45, 7) is 7.64. The van der Waals surface area contributed by atoms with Crippen molar-refractivity contribution in [2.75, 3.05) is 39.0 Å². The maximum absolute atomic E-state index is 11.9. The van der Waals surface area contributed by atoms with Crippen LogP contribution in [0.5, 0.6) is 0 Å². The van der Waals surface area contributed by atoms with E-state index >= 15 is 0 Å². The maximum atomic E-state index is 11.9. The topological polar surface area (TPSA) is 61.4 Å². The molecule has 6 heteroatoms. The van der Waals surface area contributed by atoms with Gasteiger partial charge in [0.1, 0.15) is 0 Å². The molecule has 1 saturated heterocycles. The van der Waals surface area contributed by atoms with E-state index in [0.717, 1.165) is 38.9 Å². The van der Waals surface area contributed by atoms with Crippen LogP contribution in [0.1, 0.15) is 33.1 Å². The molecule has 1 rings (SSSR count). The Hall–Kier alpha value is -0.170. The molecular weight excluding hydrogens is 262 g/mol. The molecule has 19 heavy (non-hydrogen) atoms. The Morgan fingerprint density at radius 3 is 2.53 bits per heavy atom. The van der Waals surface area contributed by atoms with E-state index in [9.17, 15) is 8.42 Å². The van der Waals surface area contributed by atoms with Gasteiger partial charge in [-0.3, -0.25) is 0 Å². The fourth-order valence-electron chi connectivity index (χ4n) is 2.23. The molecule has 1 heterocycles. The highest BCUT2D eigenvalue weighted by molar-refractivity contribution is 7.89. The van der Waals surface area contributed by atoms with E-state index in [1.165, 1.54) is 0 Å². The Labute approximate surface area is 118 Å². The minimum Gasteiger partial charge on any atom is -0.317 e. The Balaban J connectivity index is 2.19. The SMILES string of the molecule is CC(C)N(C)CCCNS(=O)(=O)CC1CCNCC1. The average Bonchev–Trinajstić information content (AvgIpc) is 2.35. The summed E-state index contributed by atoms with van der Waals surface area (Å²) in [5.41, 5.74) is 0. The van der Waals surface area contributed by atoms with E-state index in [4.69, 9.17) is 0 Å². The number of hydrogen-bond donors (Lipinski definition) is 2.